The topological polar surface area (TPSA) is 165 Å². The van der Waals surface area contributed by atoms with Gasteiger partial charge in [-0.25, -0.2) is 9.97 Å². The lowest BCUT2D eigenvalue weighted by Crippen LogP contribution is -2.29. The third kappa shape index (κ3) is 23.1. The van der Waals surface area contributed by atoms with E-state index >= 15 is 0 Å². The van der Waals surface area contributed by atoms with Crippen LogP contribution >= 0.6 is 7.60 Å². The summed E-state index contributed by atoms with van der Waals surface area (Å²) in [5.74, 6) is -0.00378. The van der Waals surface area contributed by atoms with E-state index in [-0.39, 0.29) is 57.2 Å². The fraction of sp³-hybridized carbons (Fsp3) is 0.760. The summed E-state index contributed by atoms with van der Waals surface area (Å²) in [5, 5.41) is 0.807. The van der Waals surface area contributed by atoms with E-state index in [0.29, 0.717) is 35.4 Å². The molecule has 1 aromatic carbocycles. The quantitative estimate of drug-likeness (QED) is 0.0317. The monoisotopic (exact) mass is 901 g/mol. The second-order valence-electron chi connectivity index (χ2n) is 17.5. The predicted molar refractivity (Wildman–Crippen MR) is 257 cm³/mol. The number of rotatable bonds is 40. The maximum absolute atomic E-state index is 13.6. The molecule has 3 N–H and O–H groups in total. The van der Waals surface area contributed by atoms with Gasteiger partial charge in [-0.3, -0.25) is 14.2 Å². The van der Waals surface area contributed by atoms with Crippen LogP contribution in [0.5, 0.6) is 0 Å². The van der Waals surface area contributed by atoms with E-state index in [2.05, 4.69) is 18.8 Å². The first-order valence-electron chi connectivity index (χ1n) is 25.1. The Kier molecular flexibility index (Phi) is 28.8. The fourth-order valence-corrected chi connectivity index (χ4v) is 9.11. The Balaban J connectivity index is 1.49. The van der Waals surface area contributed by atoms with Crippen molar-refractivity contribution in [1.29, 1.82) is 0 Å². The van der Waals surface area contributed by atoms with Crippen LogP contribution in [0.1, 0.15) is 206 Å². The smallest absolute Gasteiger partial charge is 0.330 e. The highest BCUT2D eigenvalue weighted by Crippen LogP contribution is 2.43. The summed E-state index contributed by atoms with van der Waals surface area (Å²) < 4.78 is 38.0. The first-order chi connectivity index (χ1) is 30.7. The maximum atomic E-state index is 13.6. The highest BCUT2D eigenvalue weighted by atomic mass is 31.2. The van der Waals surface area contributed by atoms with Crippen molar-refractivity contribution in [3.63, 3.8) is 0 Å². The Morgan fingerprint density at radius 2 is 1.17 bits per heavy atom. The number of esters is 2. The lowest BCUT2D eigenvalue weighted by Gasteiger charge is -2.20. The van der Waals surface area contributed by atoms with Crippen molar-refractivity contribution >= 4 is 47.3 Å². The van der Waals surface area contributed by atoms with Crippen molar-refractivity contribution in [1.82, 2.24) is 14.5 Å². The van der Waals surface area contributed by atoms with Crippen LogP contribution in [0.2, 0.25) is 0 Å². The number of para-hydroxylation sites is 1. The number of carbonyl (C=O) groups excluding carboxylic acids is 2. The van der Waals surface area contributed by atoms with E-state index in [9.17, 15) is 19.0 Å². The van der Waals surface area contributed by atoms with Crippen molar-refractivity contribution in [2.24, 2.45) is 0 Å². The van der Waals surface area contributed by atoms with Crippen LogP contribution < -0.4 is 5.73 Å². The third-order valence-corrected chi connectivity index (χ3v) is 13.2. The van der Waals surface area contributed by atoms with Gasteiger partial charge in [-0.05, 0) is 25.8 Å². The van der Waals surface area contributed by atoms with Gasteiger partial charge in [0.15, 0.2) is 11.9 Å². The minimum Gasteiger partial charge on any atom is -0.462 e. The number of nitrogens with zero attached hydrogens (tertiary/aromatic N) is 3. The number of aryl methyl sites for hydroxylation is 1. The molecule has 0 aliphatic carbocycles. The molecule has 0 radical (unpaired) electrons. The minimum atomic E-state index is -4.24. The molecular weight excluding hydrogens is 816 g/mol. The van der Waals surface area contributed by atoms with E-state index in [0.717, 1.165) is 43.9 Å². The molecule has 63 heavy (non-hydrogen) atoms. The fourth-order valence-electron chi connectivity index (χ4n) is 8.13. The second kappa shape index (κ2) is 33.4. The van der Waals surface area contributed by atoms with Crippen molar-refractivity contribution in [3.05, 3.63) is 30.1 Å². The van der Waals surface area contributed by atoms with Gasteiger partial charge in [0.25, 0.3) is 0 Å². The Morgan fingerprint density at radius 1 is 0.683 bits per heavy atom. The van der Waals surface area contributed by atoms with Gasteiger partial charge in [-0.1, -0.05) is 186 Å². The van der Waals surface area contributed by atoms with E-state index in [4.69, 9.17) is 29.5 Å². The number of anilines is 1. The lowest BCUT2D eigenvalue weighted by atomic mass is 10.0. The standard InChI is InChI=1S/C50H85N4O8P/c1-4-7-9-11-13-15-17-19-21-23-25-27-29-35-46(55)60-39-42(62-47(56)36-30-28-26-24-22-20-18-16-14-12-10-8-5-2)40-61-63(57,58)38-37-54-45(41-59-6-3)53-48-49(54)43-33-31-32-34-44(43)52-50(48)51/h31-34,42H,4-30,35-41H2,1-3H3,(H2,51,52)(H,57,58)/t42-/m1/s1. The summed E-state index contributed by atoms with van der Waals surface area (Å²) in [7, 11) is -4.24. The minimum absolute atomic E-state index is 0.0811. The molecule has 1 unspecified atom stereocenters. The van der Waals surface area contributed by atoms with Gasteiger partial charge < -0.3 is 33.9 Å². The van der Waals surface area contributed by atoms with Crippen LogP contribution in [0.25, 0.3) is 21.9 Å². The first kappa shape index (κ1) is 54.3. The van der Waals surface area contributed by atoms with Crippen LogP contribution in [-0.2, 0) is 46.0 Å². The zero-order valence-corrected chi connectivity index (χ0v) is 40.5. The summed E-state index contributed by atoms with van der Waals surface area (Å²) in [5.41, 5.74) is 8.19. The lowest BCUT2D eigenvalue weighted by molar-refractivity contribution is -0.161. The Labute approximate surface area is 380 Å². The number of aromatic nitrogens is 3. The number of nitrogens with two attached hydrogens (primary N) is 1. The van der Waals surface area contributed by atoms with Crippen molar-refractivity contribution in [2.45, 2.75) is 220 Å². The normalized spacial score (nSPS) is 13.1. The maximum Gasteiger partial charge on any atom is 0.330 e. The van der Waals surface area contributed by atoms with Crippen LogP contribution in [0.15, 0.2) is 24.3 Å². The Bertz CT molecular complexity index is 1740. The van der Waals surface area contributed by atoms with Gasteiger partial charge >= 0.3 is 19.5 Å². The molecule has 0 aliphatic heterocycles. The highest BCUT2D eigenvalue weighted by molar-refractivity contribution is 7.52. The predicted octanol–water partition coefficient (Wildman–Crippen LogP) is 13.3. The average molecular weight is 901 g/mol. The molecule has 3 rings (SSSR count). The molecule has 0 amide bonds. The van der Waals surface area contributed by atoms with E-state index < -0.39 is 19.7 Å². The number of carbonyl (C=O) groups is 2. The summed E-state index contributed by atoms with van der Waals surface area (Å²) in [6.45, 7) is 6.47. The van der Waals surface area contributed by atoms with Gasteiger partial charge in [0.2, 0.25) is 0 Å². The zero-order valence-electron chi connectivity index (χ0n) is 39.6. The molecule has 12 nitrogen and oxygen atoms in total. The van der Waals surface area contributed by atoms with Gasteiger partial charge in [0.1, 0.15) is 24.6 Å². The largest absolute Gasteiger partial charge is 0.462 e. The number of unbranched alkanes of at least 4 members (excludes halogenated alkanes) is 24. The van der Waals surface area contributed by atoms with Crippen molar-refractivity contribution in [2.75, 3.05) is 31.7 Å². The Hall–Kier alpha value is -3.05. The third-order valence-electron chi connectivity index (χ3n) is 11.9. The van der Waals surface area contributed by atoms with Crippen molar-refractivity contribution in [3.8, 4) is 0 Å². The van der Waals surface area contributed by atoms with E-state index in [1.54, 1.807) is 0 Å². The van der Waals surface area contributed by atoms with E-state index in [1.165, 1.54) is 122 Å². The van der Waals surface area contributed by atoms with Crippen LogP contribution in [-0.4, -0.2) is 63.5 Å². The summed E-state index contributed by atoms with van der Waals surface area (Å²) in [6, 6.07) is 7.54. The molecule has 0 saturated carbocycles. The molecule has 0 aliphatic rings. The number of hydrogen-bond donors (Lipinski definition) is 2. The summed E-state index contributed by atoms with van der Waals surface area (Å²) >= 11 is 0. The van der Waals surface area contributed by atoms with Crippen LogP contribution in [0, 0.1) is 0 Å². The Morgan fingerprint density at radius 3 is 1.70 bits per heavy atom. The molecule has 0 spiro atoms. The molecule has 0 saturated heterocycles. The molecule has 358 valence electrons. The van der Waals surface area contributed by atoms with Gasteiger partial charge in [-0.15, -0.1) is 0 Å². The number of pyridine rings is 1. The number of nitrogen functional groups attached to an aromatic ring is 1. The van der Waals surface area contributed by atoms with Crippen LogP contribution in [0.3, 0.4) is 0 Å². The SMILES string of the molecule is CCCCCCCCCCCCCCCC(=O)OC[C@H](COP(=O)(O)CCn1c(COCC)nc2c(N)nc3ccccc3c21)OC(=O)CCCCCCCCCCCCCCC. The first-order valence-corrected chi connectivity index (χ1v) is 26.9. The number of imidazole rings is 1. The molecule has 2 heterocycles. The summed E-state index contributed by atoms with van der Waals surface area (Å²) in [4.78, 5) is 46.1. The molecule has 0 bridgehead atoms. The van der Waals surface area contributed by atoms with Gasteiger partial charge in [0.05, 0.1) is 23.8 Å². The molecule has 3 aromatic rings. The zero-order chi connectivity index (χ0) is 45.4. The highest BCUT2D eigenvalue weighted by Gasteiger charge is 2.27. The number of ether oxygens (including phenoxy) is 3. The molecular formula is C50H85N4O8P. The molecule has 2 aromatic heterocycles. The van der Waals surface area contributed by atoms with Gasteiger partial charge in [0, 0.05) is 31.4 Å². The second-order valence-corrected chi connectivity index (χ2v) is 19.4. The molecule has 2 atom stereocenters. The molecule has 13 heteroatoms. The van der Waals surface area contributed by atoms with E-state index in [1.807, 2.05) is 35.8 Å². The van der Waals surface area contributed by atoms with Gasteiger partial charge in [-0.2, -0.15) is 0 Å². The number of hydrogen-bond acceptors (Lipinski definition) is 10. The van der Waals surface area contributed by atoms with Crippen LogP contribution in [0.4, 0.5) is 5.82 Å². The van der Waals surface area contributed by atoms with Crippen molar-refractivity contribution < 1.29 is 37.8 Å². The average Bonchev–Trinajstić information content (AvgIpc) is 3.65. The number of fused-ring (bicyclic) bond motifs is 3. The summed E-state index contributed by atoms with van der Waals surface area (Å²) in [6.07, 6.45) is 30.6. The number of benzene rings is 1. The molecule has 0 fully saturated rings.